The van der Waals surface area contributed by atoms with Crippen LogP contribution >= 0.6 is 11.3 Å². The van der Waals surface area contributed by atoms with Gasteiger partial charge in [-0.2, -0.15) is 0 Å². The molecule has 0 aromatic carbocycles. The topological polar surface area (TPSA) is 40.0 Å². The van der Waals surface area contributed by atoms with E-state index in [1.807, 2.05) is 6.92 Å². The Labute approximate surface area is 81.9 Å². The van der Waals surface area contributed by atoms with Gasteiger partial charge in [-0.3, -0.25) is 5.41 Å². The van der Waals surface area contributed by atoms with Crippen LogP contribution < -0.4 is 0 Å². The third-order valence-corrected chi connectivity index (χ3v) is 3.07. The molecule has 0 unspecified atom stereocenters. The van der Waals surface area contributed by atoms with E-state index in [-0.39, 0.29) is 0 Å². The number of amidine groups is 1. The van der Waals surface area contributed by atoms with Gasteiger partial charge in [0.2, 0.25) is 0 Å². The van der Waals surface area contributed by atoms with Crippen molar-refractivity contribution >= 4 is 17.2 Å². The quantitative estimate of drug-likeness (QED) is 0.784. The van der Waals surface area contributed by atoms with E-state index < -0.39 is 0 Å². The summed E-state index contributed by atoms with van der Waals surface area (Å²) in [5.41, 5.74) is 1.11. The lowest BCUT2D eigenvalue weighted by Crippen LogP contribution is -2.23. The molecule has 1 fully saturated rings. The Kier molecular flexibility index (Phi) is 2.31. The Hall–Kier alpha value is -0.900. The van der Waals surface area contributed by atoms with Crippen molar-refractivity contribution in [2.45, 2.75) is 26.3 Å². The maximum Gasteiger partial charge on any atom is 0.0961 e. The predicted molar refractivity (Wildman–Crippen MR) is 54.2 cm³/mol. The number of hydrogen-bond donors (Lipinski definition) is 1. The largest absolute Gasteiger partial charge is 0.355 e. The fourth-order valence-corrected chi connectivity index (χ4v) is 2.19. The summed E-state index contributed by atoms with van der Waals surface area (Å²) in [6, 6.07) is 0. The molecule has 1 aromatic rings. The van der Waals surface area contributed by atoms with E-state index in [4.69, 9.17) is 5.41 Å². The summed E-state index contributed by atoms with van der Waals surface area (Å²) >= 11 is 1.68. The summed E-state index contributed by atoms with van der Waals surface area (Å²) in [4.78, 5) is 6.49. The molecule has 0 aliphatic carbocycles. The molecule has 1 N–H and O–H groups in total. The Bertz CT molecular complexity index is 318. The zero-order valence-electron chi connectivity index (χ0n) is 7.71. The van der Waals surface area contributed by atoms with Gasteiger partial charge in [-0.1, -0.05) is 0 Å². The molecule has 0 amide bonds. The summed E-state index contributed by atoms with van der Waals surface area (Å²) < 4.78 is 0. The van der Waals surface area contributed by atoms with Crippen molar-refractivity contribution in [2.75, 3.05) is 6.54 Å². The van der Waals surface area contributed by atoms with Crippen molar-refractivity contribution in [2.24, 2.45) is 0 Å². The molecule has 1 aliphatic heterocycles. The SMILES string of the molecule is Cc1nc(CN2CCCC2=N)cs1. The molecule has 0 radical (unpaired) electrons. The molecular formula is C9H13N3S. The third kappa shape index (κ3) is 1.88. The molecule has 13 heavy (non-hydrogen) atoms. The molecule has 70 valence electrons. The van der Waals surface area contributed by atoms with Crippen LogP contribution in [0.5, 0.6) is 0 Å². The zero-order chi connectivity index (χ0) is 9.26. The van der Waals surface area contributed by atoms with Crippen molar-refractivity contribution in [1.29, 1.82) is 5.41 Å². The van der Waals surface area contributed by atoms with Crippen LogP contribution in [0.2, 0.25) is 0 Å². The van der Waals surface area contributed by atoms with Gasteiger partial charge in [0.1, 0.15) is 0 Å². The highest BCUT2D eigenvalue weighted by Gasteiger charge is 2.17. The molecule has 0 atom stereocenters. The van der Waals surface area contributed by atoms with E-state index in [1.54, 1.807) is 11.3 Å². The molecule has 1 aliphatic rings. The highest BCUT2D eigenvalue weighted by Crippen LogP contribution is 2.15. The molecule has 0 bridgehead atoms. The molecule has 0 saturated carbocycles. The van der Waals surface area contributed by atoms with Crippen LogP contribution in [0.25, 0.3) is 0 Å². The number of hydrogen-bond acceptors (Lipinski definition) is 3. The minimum atomic E-state index is 0.769. The standard InChI is InChI=1S/C9H13N3S/c1-7-11-8(6-13-7)5-12-4-2-3-9(12)10/h6,10H,2-5H2,1H3. The Morgan fingerprint density at radius 3 is 3.08 bits per heavy atom. The number of aromatic nitrogens is 1. The van der Waals surface area contributed by atoms with Gasteiger partial charge >= 0.3 is 0 Å². The van der Waals surface area contributed by atoms with Gasteiger partial charge < -0.3 is 4.90 Å². The fourth-order valence-electron chi connectivity index (χ4n) is 1.58. The first-order chi connectivity index (χ1) is 6.25. The van der Waals surface area contributed by atoms with E-state index in [1.165, 1.54) is 0 Å². The molecule has 3 nitrogen and oxygen atoms in total. The van der Waals surface area contributed by atoms with Crippen LogP contribution in [0.15, 0.2) is 5.38 Å². The van der Waals surface area contributed by atoms with Crippen LogP contribution in [0, 0.1) is 12.3 Å². The average molecular weight is 195 g/mol. The van der Waals surface area contributed by atoms with Gasteiger partial charge in [-0.25, -0.2) is 4.98 Å². The number of rotatable bonds is 2. The lowest BCUT2D eigenvalue weighted by molar-refractivity contribution is 0.441. The van der Waals surface area contributed by atoms with Crippen molar-refractivity contribution in [3.05, 3.63) is 16.1 Å². The second-order valence-electron chi connectivity index (χ2n) is 3.33. The van der Waals surface area contributed by atoms with Crippen LogP contribution in [-0.2, 0) is 6.54 Å². The summed E-state index contributed by atoms with van der Waals surface area (Å²) in [5, 5.41) is 10.9. The maximum absolute atomic E-state index is 7.66. The van der Waals surface area contributed by atoms with Gasteiger partial charge in [0.05, 0.1) is 23.1 Å². The predicted octanol–water partition coefficient (Wildman–Crippen LogP) is 2.02. The van der Waals surface area contributed by atoms with Gasteiger partial charge in [-0.05, 0) is 13.3 Å². The average Bonchev–Trinajstić information content (AvgIpc) is 2.64. The van der Waals surface area contributed by atoms with Gasteiger partial charge in [-0.15, -0.1) is 11.3 Å². The third-order valence-electron chi connectivity index (χ3n) is 2.24. The van der Waals surface area contributed by atoms with Gasteiger partial charge in [0.15, 0.2) is 0 Å². The fraction of sp³-hybridized carbons (Fsp3) is 0.556. The lowest BCUT2D eigenvalue weighted by atomic mass is 10.4. The second kappa shape index (κ2) is 3.46. The minimum absolute atomic E-state index is 0.769. The number of nitrogens with one attached hydrogen (secondary N) is 1. The van der Waals surface area contributed by atoms with E-state index in [0.29, 0.717) is 0 Å². The van der Waals surface area contributed by atoms with Crippen molar-refractivity contribution in [1.82, 2.24) is 9.88 Å². The van der Waals surface area contributed by atoms with E-state index >= 15 is 0 Å². The Morgan fingerprint density at radius 1 is 1.69 bits per heavy atom. The number of thiazole rings is 1. The first-order valence-corrected chi connectivity index (χ1v) is 5.37. The van der Waals surface area contributed by atoms with E-state index in [9.17, 15) is 0 Å². The number of nitrogens with zero attached hydrogens (tertiary/aromatic N) is 2. The molecule has 2 heterocycles. The highest BCUT2D eigenvalue weighted by atomic mass is 32.1. The molecule has 4 heteroatoms. The maximum atomic E-state index is 7.66. The molecule has 0 spiro atoms. The Balaban J connectivity index is 2.01. The molecule has 2 rings (SSSR count). The van der Waals surface area contributed by atoms with Crippen LogP contribution in [0.3, 0.4) is 0 Å². The van der Waals surface area contributed by atoms with Crippen molar-refractivity contribution in [3.63, 3.8) is 0 Å². The second-order valence-corrected chi connectivity index (χ2v) is 4.39. The van der Waals surface area contributed by atoms with Crippen LogP contribution in [0.4, 0.5) is 0 Å². The first kappa shape index (κ1) is 8.69. The monoisotopic (exact) mass is 195 g/mol. The normalized spacial score (nSPS) is 17.0. The summed E-state index contributed by atoms with van der Waals surface area (Å²) in [7, 11) is 0. The first-order valence-electron chi connectivity index (χ1n) is 4.49. The van der Waals surface area contributed by atoms with Crippen molar-refractivity contribution in [3.8, 4) is 0 Å². The highest BCUT2D eigenvalue weighted by molar-refractivity contribution is 7.09. The van der Waals surface area contributed by atoms with Crippen molar-refractivity contribution < 1.29 is 0 Å². The number of aryl methyl sites for hydroxylation is 1. The zero-order valence-corrected chi connectivity index (χ0v) is 8.52. The van der Waals surface area contributed by atoms with Gasteiger partial charge in [0, 0.05) is 18.3 Å². The van der Waals surface area contributed by atoms with E-state index in [0.717, 1.165) is 42.5 Å². The minimum Gasteiger partial charge on any atom is -0.355 e. The van der Waals surface area contributed by atoms with E-state index in [2.05, 4.69) is 15.3 Å². The number of likely N-dealkylation sites (tertiary alicyclic amines) is 1. The van der Waals surface area contributed by atoms with Gasteiger partial charge in [0.25, 0.3) is 0 Å². The van der Waals surface area contributed by atoms with Crippen LogP contribution in [0.1, 0.15) is 23.5 Å². The smallest absolute Gasteiger partial charge is 0.0961 e. The van der Waals surface area contributed by atoms with Crippen LogP contribution in [-0.4, -0.2) is 22.3 Å². The molecular weight excluding hydrogens is 182 g/mol. The summed E-state index contributed by atoms with van der Waals surface area (Å²) in [5.74, 6) is 0.769. The Morgan fingerprint density at radius 2 is 2.54 bits per heavy atom. The summed E-state index contributed by atoms with van der Waals surface area (Å²) in [6.07, 6.45) is 2.06. The summed E-state index contributed by atoms with van der Waals surface area (Å²) in [6.45, 7) is 3.86. The molecule has 1 saturated heterocycles. The lowest BCUT2D eigenvalue weighted by Gasteiger charge is -2.15. The molecule has 1 aromatic heterocycles.